The Morgan fingerprint density at radius 1 is 0.429 bits per heavy atom. The Morgan fingerprint density at radius 2 is 0.845 bits per heavy atom. The molecule has 0 radical (unpaired) electrons. The van der Waals surface area contributed by atoms with Crippen molar-refractivity contribution in [1.29, 1.82) is 0 Å². The average molecular weight is 1150 g/mol. The number of benzene rings is 8. The van der Waals surface area contributed by atoms with Crippen LogP contribution in [0.5, 0.6) is 0 Å². The number of rotatable bonds is 27. The fourth-order valence-electron chi connectivity index (χ4n) is 9.96. The van der Waals surface area contributed by atoms with E-state index in [9.17, 15) is 15.1 Å². The first-order chi connectivity index (χ1) is 41.5. The fourth-order valence-corrected chi connectivity index (χ4v) is 11.1. The molecule has 0 N–H and O–H groups in total. The van der Waals surface area contributed by atoms with E-state index in [1.807, 2.05) is 188 Å². The molecule has 0 amide bonds. The molecule has 8 aromatic carbocycles. The molecule has 0 saturated carbocycles. The van der Waals surface area contributed by atoms with Gasteiger partial charge in [0.15, 0.2) is 18.5 Å². The first-order valence-electron chi connectivity index (χ1n) is 27.9. The maximum atomic E-state index is 14.9. The standard InChI is InChI=1S/C68H65N3O12S/c69-71-70-40-54-36-22-23-39-56(54)66(73)82-63-61(77-44-51-30-14-4-15-31-51)59(75-42-49-26-10-2-11-27-49)57(46-74-41-48-24-8-1-9-25-48)80-67(63)79-47-58-60(76-43-50-28-12-3-13-29-50)62(78-45-52-32-16-5-17-33-52)64(83-65(72)53-34-18-6-19-35-53)68(81-58)84-55-37-20-7-21-38-55/h1-39,57-64,67-68H,40-47H2/t57-,58-,59-,60-,61+,62+,63+,64+,67+,68-/m1/s1. The minimum Gasteiger partial charge on any atom is -0.452 e. The van der Waals surface area contributed by atoms with E-state index in [2.05, 4.69) is 10.0 Å². The van der Waals surface area contributed by atoms with E-state index in [0.717, 1.165) is 32.7 Å². The first kappa shape index (κ1) is 59.2. The number of hydrogen-bond acceptors (Lipinski definition) is 14. The van der Waals surface area contributed by atoms with Gasteiger partial charge in [-0.2, -0.15) is 0 Å². The molecule has 10 atom stereocenters. The second-order valence-electron chi connectivity index (χ2n) is 20.0. The summed E-state index contributed by atoms with van der Waals surface area (Å²) in [6.45, 7) is 0.411. The van der Waals surface area contributed by atoms with Crippen molar-refractivity contribution < 1.29 is 57.0 Å². The summed E-state index contributed by atoms with van der Waals surface area (Å²) in [6.07, 6.45) is -9.50. The highest BCUT2D eigenvalue weighted by molar-refractivity contribution is 7.99. The lowest BCUT2D eigenvalue weighted by atomic mass is 9.97. The highest BCUT2D eigenvalue weighted by Gasteiger charge is 2.54. The summed E-state index contributed by atoms with van der Waals surface area (Å²) >= 11 is 1.37. The largest absolute Gasteiger partial charge is 0.452 e. The molecule has 2 fully saturated rings. The fraction of sp³-hybridized carbons (Fsp3) is 0.265. The highest BCUT2D eigenvalue weighted by atomic mass is 32.2. The van der Waals surface area contributed by atoms with E-state index < -0.39 is 72.5 Å². The van der Waals surface area contributed by atoms with Crippen LogP contribution in [0.4, 0.5) is 0 Å². The Labute approximate surface area is 493 Å². The lowest BCUT2D eigenvalue weighted by Crippen LogP contribution is -2.64. The van der Waals surface area contributed by atoms with Gasteiger partial charge in [0.25, 0.3) is 0 Å². The zero-order valence-electron chi connectivity index (χ0n) is 46.1. The quantitative estimate of drug-likeness (QED) is 0.0206. The van der Waals surface area contributed by atoms with Crippen molar-refractivity contribution in [1.82, 2.24) is 0 Å². The molecule has 0 aromatic heterocycles. The predicted octanol–water partition coefficient (Wildman–Crippen LogP) is 13.1. The number of esters is 2. The van der Waals surface area contributed by atoms with Crippen LogP contribution in [-0.4, -0.2) is 85.7 Å². The van der Waals surface area contributed by atoms with E-state index >= 15 is 0 Å². The van der Waals surface area contributed by atoms with Gasteiger partial charge in [0, 0.05) is 9.81 Å². The van der Waals surface area contributed by atoms with E-state index in [4.69, 9.17) is 47.4 Å². The van der Waals surface area contributed by atoms with E-state index in [-0.39, 0.29) is 58.4 Å². The van der Waals surface area contributed by atoms with Crippen LogP contribution in [0.15, 0.2) is 247 Å². The lowest BCUT2D eigenvalue weighted by molar-refractivity contribution is -0.327. The molecule has 2 aliphatic heterocycles. The highest BCUT2D eigenvalue weighted by Crippen LogP contribution is 2.40. The first-order valence-corrected chi connectivity index (χ1v) is 28.8. The van der Waals surface area contributed by atoms with E-state index in [1.54, 1.807) is 48.5 Å². The number of azide groups is 1. The zero-order chi connectivity index (χ0) is 57.6. The smallest absolute Gasteiger partial charge is 0.338 e. The van der Waals surface area contributed by atoms with Crippen LogP contribution in [0, 0.1) is 0 Å². The van der Waals surface area contributed by atoms with Gasteiger partial charge in [-0.1, -0.05) is 223 Å². The maximum absolute atomic E-state index is 14.9. The summed E-state index contributed by atoms with van der Waals surface area (Å²) in [5.41, 5.74) is 13.8. The molecule has 2 aliphatic rings. The molecule has 0 unspecified atom stereocenters. The van der Waals surface area contributed by atoms with Gasteiger partial charge in [-0.25, -0.2) is 9.59 Å². The second kappa shape index (κ2) is 31.1. The summed E-state index contributed by atoms with van der Waals surface area (Å²) in [5.74, 6) is -1.32. The van der Waals surface area contributed by atoms with Crippen LogP contribution in [-0.2, 0) is 86.9 Å². The topological polar surface area (TPSA) is 175 Å². The van der Waals surface area contributed by atoms with Crippen LogP contribution in [0.1, 0.15) is 54.1 Å². The van der Waals surface area contributed by atoms with Gasteiger partial charge in [0.05, 0.1) is 63.9 Å². The van der Waals surface area contributed by atoms with Gasteiger partial charge in [-0.3, -0.25) is 0 Å². The molecule has 0 aliphatic carbocycles. The molecule has 2 heterocycles. The summed E-state index contributed by atoms with van der Waals surface area (Å²) in [7, 11) is 0. The molecule has 430 valence electrons. The minimum absolute atomic E-state index is 0.0114. The minimum atomic E-state index is -1.38. The molecular weight excluding hydrogens is 1080 g/mol. The lowest BCUT2D eigenvalue weighted by Gasteiger charge is -2.47. The third kappa shape index (κ3) is 16.6. The van der Waals surface area contributed by atoms with Crippen LogP contribution in [0.2, 0.25) is 0 Å². The third-order valence-corrected chi connectivity index (χ3v) is 15.3. The van der Waals surface area contributed by atoms with Crippen molar-refractivity contribution in [3.05, 3.63) is 292 Å². The Bertz CT molecular complexity index is 3300. The van der Waals surface area contributed by atoms with Gasteiger partial charge in [0.2, 0.25) is 0 Å². The van der Waals surface area contributed by atoms with Gasteiger partial charge in [0.1, 0.15) is 42.1 Å². The van der Waals surface area contributed by atoms with E-state index in [0.29, 0.717) is 11.1 Å². The van der Waals surface area contributed by atoms with Gasteiger partial charge >= 0.3 is 11.9 Å². The van der Waals surface area contributed by atoms with Crippen molar-refractivity contribution in [3.8, 4) is 0 Å². The summed E-state index contributed by atoms with van der Waals surface area (Å²) in [6, 6.07) is 73.9. The number of hydrogen-bond donors (Lipinski definition) is 0. The molecular formula is C68H65N3O12S. The maximum Gasteiger partial charge on any atom is 0.338 e. The molecule has 0 bridgehead atoms. The number of thioether (sulfide) groups is 1. The summed E-state index contributed by atoms with van der Waals surface area (Å²) < 4.78 is 69.0. The SMILES string of the molecule is [N-]=[N+]=NCc1ccccc1C(=O)O[C@@H]1[C@@H](OC[C@H]2O[C@H](Sc3ccccc3)[C@@H](OC(=O)c3ccccc3)[C@@H](OCc3ccccc3)[C@@H]2OCc2ccccc2)O[C@H](COCc2ccccc2)[C@@H](OCc2ccccc2)[C@@H]1OCc1ccccc1. The van der Waals surface area contributed by atoms with Gasteiger partial charge in [-0.15, -0.1) is 0 Å². The summed E-state index contributed by atoms with van der Waals surface area (Å²) in [4.78, 5) is 33.0. The van der Waals surface area contributed by atoms with Crippen molar-refractivity contribution in [2.45, 2.75) is 105 Å². The van der Waals surface area contributed by atoms with Crippen LogP contribution in [0.3, 0.4) is 0 Å². The van der Waals surface area contributed by atoms with Crippen LogP contribution in [0.25, 0.3) is 10.4 Å². The molecule has 0 spiro atoms. The Morgan fingerprint density at radius 3 is 1.36 bits per heavy atom. The van der Waals surface area contributed by atoms with Crippen LogP contribution >= 0.6 is 11.8 Å². The van der Waals surface area contributed by atoms with Crippen molar-refractivity contribution >= 4 is 23.7 Å². The van der Waals surface area contributed by atoms with E-state index in [1.165, 1.54) is 11.8 Å². The zero-order valence-corrected chi connectivity index (χ0v) is 46.9. The molecule has 84 heavy (non-hydrogen) atoms. The predicted molar refractivity (Wildman–Crippen MR) is 316 cm³/mol. The number of carbonyl (C=O) groups excluding carboxylic acids is 2. The second-order valence-corrected chi connectivity index (χ2v) is 21.2. The molecule has 15 nitrogen and oxygen atoms in total. The van der Waals surface area contributed by atoms with Crippen molar-refractivity contribution in [3.63, 3.8) is 0 Å². The van der Waals surface area contributed by atoms with Gasteiger partial charge in [-0.05, 0) is 69.2 Å². The number of carbonyl (C=O) groups is 2. The normalized spacial score (nSPS) is 22.0. The van der Waals surface area contributed by atoms with Crippen LogP contribution < -0.4 is 0 Å². The Hall–Kier alpha value is -7.96. The van der Waals surface area contributed by atoms with Crippen molar-refractivity contribution in [2.75, 3.05) is 13.2 Å². The Kier molecular flexibility index (Phi) is 21.9. The molecule has 10 rings (SSSR count). The van der Waals surface area contributed by atoms with Gasteiger partial charge < -0.3 is 47.4 Å². The Balaban J connectivity index is 1.05. The monoisotopic (exact) mass is 1150 g/mol. The molecule has 8 aromatic rings. The molecule has 16 heteroatoms. The number of nitrogens with zero attached hydrogens (tertiary/aromatic N) is 3. The van der Waals surface area contributed by atoms with Crippen molar-refractivity contribution in [2.24, 2.45) is 5.11 Å². The third-order valence-electron chi connectivity index (χ3n) is 14.2. The average Bonchev–Trinajstić information content (AvgIpc) is 2.30. The molecule has 2 saturated heterocycles. The number of ether oxygens (including phenoxy) is 10. The summed E-state index contributed by atoms with van der Waals surface area (Å²) in [5, 5.41) is 3.78.